The van der Waals surface area contributed by atoms with Crippen LogP contribution in [0.15, 0.2) is 24.3 Å². The van der Waals surface area contributed by atoms with Crippen molar-refractivity contribution in [1.82, 2.24) is 20.0 Å². The maximum atomic E-state index is 13.9. The monoisotopic (exact) mass is 259 g/mol. The zero-order valence-corrected chi connectivity index (χ0v) is 10.7. The Kier molecular flexibility index (Phi) is 2.51. The van der Waals surface area contributed by atoms with E-state index < -0.39 is 0 Å². The van der Waals surface area contributed by atoms with Gasteiger partial charge in [0.1, 0.15) is 17.3 Å². The van der Waals surface area contributed by atoms with Gasteiger partial charge in [0.2, 0.25) is 0 Å². The van der Waals surface area contributed by atoms with Crippen LogP contribution in [0.2, 0.25) is 0 Å². The Labute approximate surface area is 109 Å². The van der Waals surface area contributed by atoms with E-state index in [1.165, 1.54) is 10.7 Å². The first kappa shape index (κ1) is 11.7. The van der Waals surface area contributed by atoms with Crippen molar-refractivity contribution in [3.63, 3.8) is 0 Å². The molecule has 98 valence electrons. The lowest BCUT2D eigenvalue weighted by Crippen LogP contribution is -2.02. The van der Waals surface area contributed by atoms with Crippen LogP contribution >= 0.6 is 0 Å². The molecular formula is C13H14FN5. The summed E-state index contributed by atoms with van der Waals surface area (Å²) in [5.41, 5.74) is 7.60. The average Bonchev–Trinajstić information content (AvgIpc) is 2.92. The SMILES string of the molecule is CC(C)c1nn(-c2ccccc2F)c2n[nH]c(N)c12. The van der Waals surface area contributed by atoms with Gasteiger partial charge in [0.15, 0.2) is 5.65 Å². The molecule has 0 fully saturated rings. The smallest absolute Gasteiger partial charge is 0.186 e. The Morgan fingerprint density at radius 3 is 2.74 bits per heavy atom. The Morgan fingerprint density at radius 1 is 1.32 bits per heavy atom. The number of para-hydroxylation sites is 1. The molecule has 0 amide bonds. The number of aromatic amines is 1. The number of H-pyrrole nitrogens is 1. The summed E-state index contributed by atoms with van der Waals surface area (Å²) in [6, 6.07) is 6.46. The number of benzene rings is 1. The number of nitrogens with two attached hydrogens (primary N) is 1. The zero-order valence-electron chi connectivity index (χ0n) is 10.7. The highest BCUT2D eigenvalue weighted by molar-refractivity contribution is 5.90. The van der Waals surface area contributed by atoms with Gasteiger partial charge >= 0.3 is 0 Å². The molecular weight excluding hydrogens is 245 g/mol. The van der Waals surface area contributed by atoms with Crippen LogP contribution in [0.4, 0.5) is 10.2 Å². The molecule has 0 unspecified atom stereocenters. The molecule has 2 heterocycles. The number of fused-ring (bicyclic) bond motifs is 1. The van der Waals surface area contributed by atoms with Gasteiger partial charge in [-0.3, -0.25) is 5.10 Å². The van der Waals surface area contributed by atoms with E-state index in [1.54, 1.807) is 18.2 Å². The minimum atomic E-state index is -0.344. The summed E-state index contributed by atoms with van der Waals surface area (Å²) in [4.78, 5) is 0. The normalized spacial score (nSPS) is 11.6. The molecule has 0 aliphatic carbocycles. The molecule has 0 saturated heterocycles. The van der Waals surface area contributed by atoms with Crippen LogP contribution in [0, 0.1) is 5.82 Å². The number of nitrogen functional groups attached to an aromatic ring is 1. The highest BCUT2D eigenvalue weighted by atomic mass is 19.1. The van der Waals surface area contributed by atoms with Crippen molar-refractivity contribution in [1.29, 1.82) is 0 Å². The van der Waals surface area contributed by atoms with Crippen molar-refractivity contribution in [2.45, 2.75) is 19.8 Å². The quantitative estimate of drug-likeness (QED) is 0.743. The van der Waals surface area contributed by atoms with Crippen molar-refractivity contribution in [3.8, 4) is 5.69 Å². The van der Waals surface area contributed by atoms with Gasteiger partial charge in [0.25, 0.3) is 0 Å². The van der Waals surface area contributed by atoms with Gasteiger partial charge in [-0.2, -0.15) is 10.2 Å². The molecule has 5 nitrogen and oxygen atoms in total. The Bertz CT molecular complexity index is 741. The molecule has 0 bridgehead atoms. The van der Waals surface area contributed by atoms with Crippen molar-refractivity contribution >= 4 is 16.9 Å². The summed E-state index contributed by atoms with van der Waals surface area (Å²) < 4.78 is 15.4. The average molecular weight is 259 g/mol. The number of rotatable bonds is 2. The number of nitrogens with zero attached hydrogens (tertiary/aromatic N) is 3. The number of hydrogen-bond acceptors (Lipinski definition) is 3. The van der Waals surface area contributed by atoms with E-state index in [1.807, 2.05) is 13.8 Å². The number of anilines is 1. The number of nitrogens with one attached hydrogen (secondary N) is 1. The molecule has 3 N–H and O–H groups in total. The van der Waals surface area contributed by atoms with Crippen LogP contribution in [0.1, 0.15) is 25.5 Å². The molecule has 6 heteroatoms. The molecule has 0 radical (unpaired) electrons. The maximum absolute atomic E-state index is 13.9. The summed E-state index contributed by atoms with van der Waals surface area (Å²) in [7, 11) is 0. The molecule has 0 saturated carbocycles. The van der Waals surface area contributed by atoms with E-state index >= 15 is 0 Å². The summed E-state index contributed by atoms with van der Waals surface area (Å²) in [5, 5.41) is 12.1. The van der Waals surface area contributed by atoms with E-state index in [0.29, 0.717) is 17.2 Å². The summed E-state index contributed by atoms with van der Waals surface area (Å²) in [5.74, 6) is 0.292. The van der Waals surface area contributed by atoms with Crippen molar-refractivity contribution < 1.29 is 4.39 Å². The van der Waals surface area contributed by atoms with Gasteiger partial charge in [0, 0.05) is 0 Å². The lowest BCUT2D eigenvalue weighted by Gasteiger charge is -2.03. The predicted octanol–water partition coefficient (Wildman–Crippen LogP) is 2.59. The van der Waals surface area contributed by atoms with Crippen LogP contribution in [0.25, 0.3) is 16.7 Å². The first-order valence-electron chi connectivity index (χ1n) is 6.07. The molecule has 3 rings (SSSR count). The molecule has 0 spiro atoms. The predicted molar refractivity (Wildman–Crippen MR) is 71.7 cm³/mol. The third-order valence-electron chi connectivity index (χ3n) is 3.07. The van der Waals surface area contributed by atoms with Gasteiger partial charge in [-0.15, -0.1) is 0 Å². The lowest BCUT2D eigenvalue weighted by atomic mass is 10.1. The molecule has 19 heavy (non-hydrogen) atoms. The number of aromatic nitrogens is 4. The third-order valence-corrected chi connectivity index (χ3v) is 3.07. The molecule has 0 atom stereocenters. The van der Waals surface area contributed by atoms with Crippen molar-refractivity contribution in [3.05, 3.63) is 35.8 Å². The summed E-state index contributed by atoms with van der Waals surface area (Å²) in [6.45, 7) is 4.03. The van der Waals surface area contributed by atoms with E-state index in [0.717, 1.165) is 11.1 Å². The highest BCUT2D eigenvalue weighted by Crippen LogP contribution is 2.29. The topological polar surface area (TPSA) is 72.5 Å². The summed E-state index contributed by atoms with van der Waals surface area (Å²) in [6.07, 6.45) is 0. The van der Waals surface area contributed by atoms with Crippen LogP contribution in [0.5, 0.6) is 0 Å². The molecule has 0 aliphatic heterocycles. The number of hydrogen-bond donors (Lipinski definition) is 2. The first-order valence-corrected chi connectivity index (χ1v) is 6.07. The second-order valence-electron chi connectivity index (χ2n) is 4.74. The Hall–Kier alpha value is -2.37. The van der Waals surface area contributed by atoms with E-state index in [2.05, 4.69) is 15.3 Å². The van der Waals surface area contributed by atoms with Crippen LogP contribution in [-0.2, 0) is 0 Å². The Balaban J connectivity index is 2.34. The number of halogens is 1. The molecule has 3 aromatic rings. The standard InChI is InChI=1S/C13H14FN5/c1-7(2)11-10-12(15)16-17-13(10)19(18-11)9-6-4-3-5-8(9)14/h3-7H,1-2H3,(H3,15,16,17). The van der Waals surface area contributed by atoms with Gasteiger partial charge < -0.3 is 5.73 Å². The molecule has 2 aromatic heterocycles. The second kappa shape index (κ2) is 4.08. The van der Waals surface area contributed by atoms with E-state index in [9.17, 15) is 4.39 Å². The minimum Gasteiger partial charge on any atom is -0.383 e. The van der Waals surface area contributed by atoms with Crippen molar-refractivity contribution in [2.75, 3.05) is 5.73 Å². The van der Waals surface area contributed by atoms with Crippen LogP contribution in [0.3, 0.4) is 0 Å². The van der Waals surface area contributed by atoms with Crippen molar-refractivity contribution in [2.24, 2.45) is 0 Å². The third kappa shape index (κ3) is 1.68. The summed E-state index contributed by atoms with van der Waals surface area (Å²) >= 11 is 0. The van der Waals surface area contributed by atoms with E-state index in [-0.39, 0.29) is 11.7 Å². The first-order chi connectivity index (χ1) is 9.09. The van der Waals surface area contributed by atoms with Gasteiger partial charge in [-0.05, 0) is 18.1 Å². The molecule has 0 aliphatic rings. The fourth-order valence-corrected chi connectivity index (χ4v) is 2.15. The largest absolute Gasteiger partial charge is 0.383 e. The van der Waals surface area contributed by atoms with Crippen LogP contribution in [-0.4, -0.2) is 20.0 Å². The zero-order chi connectivity index (χ0) is 13.6. The van der Waals surface area contributed by atoms with Gasteiger partial charge in [0.05, 0.1) is 11.1 Å². The minimum absolute atomic E-state index is 0.176. The van der Waals surface area contributed by atoms with Crippen LogP contribution < -0.4 is 5.73 Å². The fraction of sp³-hybridized carbons (Fsp3) is 0.231. The Morgan fingerprint density at radius 2 is 2.05 bits per heavy atom. The van der Waals surface area contributed by atoms with E-state index in [4.69, 9.17) is 5.73 Å². The maximum Gasteiger partial charge on any atom is 0.186 e. The highest BCUT2D eigenvalue weighted by Gasteiger charge is 2.20. The molecule has 1 aromatic carbocycles. The fourth-order valence-electron chi connectivity index (χ4n) is 2.15. The lowest BCUT2D eigenvalue weighted by molar-refractivity contribution is 0.610. The second-order valence-corrected chi connectivity index (χ2v) is 4.74. The van der Waals surface area contributed by atoms with Gasteiger partial charge in [-0.1, -0.05) is 26.0 Å². The van der Waals surface area contributed by atoms with Gasteiger partial charge in [-0.25, -0.2) is 9.07 Å².